The van der Waals surface area contributed by atoms with Gasteiger partial charge in [0.2, 0.25) is 10.0 Å². The molecule has 3 saturated heterocycles. The highest BCUT2D eigenvalue weighted by atomic mass is 32.2. The molecule has 4 aliphatic rings. The number of fused-ring (bicyclic) bond motifs is 6. The molecule has 0 amide bonds. The van der Waals surface area contributed by atoms with Gasteiger partial charge in [0.05, 0.1) is 35.3 Å². The van der Waals surface area contributed by atoms with Gasteiger partial charge >= 0.3 is 5.97 Å². The zero-order valence-corrected chi connectivity index (χ0v) is 23.2. The summed E-state index contributed by atoms with van der Waals surface area (Å²) in [6.07, 6.45) is -1.88. The minimum atomic E-state index is -3.90. The molecule has 0 aromatic heterocycles. The van der Waals surface area contributed by atoms with E-state index in [9.17, 15) is 13.2 Å². The van der Waals surface area contributed by atoms with Crippen molar-refractivity contribution in [1.29, 1.82) is 0 Å². The fourth-order valence-corrected chi connectivity index (χ4v) is 8.32. The monoisotopic (exact) mass is 542 g/mol. The number of carbonyl (C=O) groups excluding carboxylic acids is 1. The van der Waals surface area contributed by atoms with E-state index >= 15 is 0 Å². The van der Waals surface area contributed by atoms with Gasteiger partial charge in [0.1, 0.15) is 12.2 Å². The molecule has 1 N–H and O–H groups in total. The van der Waals surface area contributed by atoms with Gasteiger partial charge in [-0.25, -0.2) is 13.2 Å². The van der Waals surface area contributed by atoms with Crippen molar-refractivity contribution in [3.8, 4) is 0 Å². The lowest BCUT2D eigenvalue weighted by Gasteiger charge is -2.54. The first-order chi connectivity index (χ1) is 17.8. The number of carbonyl (C=O) groups is 1. The summed E-state index contributed by atoms with van der Waals surface area (Å²) in [5.74, 6) is -1.51. The van der Waals surface area contributed by atoms with Gasteiger partial charge in [-0.15, -0.1) is 0 Å². The number of sulfonamides is 1. The Labute approximate surface area is 223 Å². The van der Waals surface area contributed by atoms with Gasteiger partial charge in [-0.05, 0) is 49.9 Å². The minimum Gasteiger partial charge on any atom is -0.465 e. The molecule has 0 saturated carbocycles. The Morgan fingerprint density at radius 3 is 2.45 bits per heavy atom. The van der Waals surface area contributed by atoms with Crippen LogP contribution in [0.1, 0.15) is 49.2 Å². The van der Waals surface area contributed by atoms with Gasteiger partial charge in [-0.3, -0.25) is 0 Å². The second kappa shape index (κ2) is 8.50. The van der Waals surface area contributed by atoms with Crippen LogP contribution in [0, 0.1) is 12.8 Å². The summed E-state index contributed by atoms with van der Waals surface area (Å²) in [5.41, 5.74) is 2.55. The Hall–Kier alpha value is -2.50. The van der Waals surface area contributed by atoms with E-state index in [1.165, 1.54) is 7.11 Å². The minimum absolute atomic E-state index is 0.170. The van der Waals surface area contributed by atoms with Crippen LogP contribution >= 0.6 is 0 Å². The molecule has 38 heavy (non-hydrogen) atoms. The number of nitrogens with zero attached hydrogens (tertiary/aromatic N) is 1. The molecule has 0 bridgehead atoms. The lowest BCUT2D eigenvalue weighted by molar-refractivity contribution is -0.216. The van der Waals surface area contributed by atoms with E-state index < -0.39 is 51.7 Å². The molecule has 6 atom stereocenters. The average Bonchev–Trinajstić information content (AvgIpc) is 3.35. The fraction of sp³-hybridized carbons (Fsp3) is 0.536. The second-order valence-electron chi connectivity index (χ2n) is 11.7. The summed E-state index contributed by atoms with van der Waals surface area (Å²) in [4.78, 5) is 12.9. The van der Waals surface area contributed by atoms with E-state index in [1.807, 2.05) is 19.1 Å². The maximum Gasteiger partial charge on any atom is 0.339 e. The first-order valence-electron chi connectivity index (χ1n) is 12.9. The molecule has 0 spiro atoms. The molecule has 10 heteroatoms. The van der Waals surface area contributed by atoms with Crippen molar-refractivity contribution < 1.29 is 32.2 Å². The van der Waals surface area contributed by atoms with Crippen LogP contribution in [0.3, 0.4) is 0 Å². The number of piperidine rings is 1. The fourth-order valence-electron chi connectivity index (χ4n) is 6.65. The summed E-state index contributed by atoms with van der Waals surface area (Å²) < 4.78 is 53.8. The number of para-hydroxylation sites is 1. The number of rotatable bonds is 3. The third-order valence-electron chi connectivity index (χ3n) is 8.58. The number of anilines is 1. The van der Waals surface area contributed by atoms with Crippen LogP contribution in [-0.2, 0) is 34.4 Å². The van der Waals surface area contributed by atoms with Crippen molar-refractivity contribution in [3.63, 3.8) is 0 Å². The van der Waals surface area contributed by atoms with Crippen LogP contribution in [0.15, 0.2) is 47.4 Å². The van der Waals surface area contributed by atoms with Crippen molar-refractivity contribution in [3.05, 3.63) is 59.2 Å². The Balaban J connectivity index is 1.48. The standard InChI is InChI=1S/C28H34N2O7S/c1-15-10-12-16(13-11-15)38(32,33)30-14-19-21(23-22(30)24-26(35-23)37-28(4,5)36-24)29-20-17(25(31)34-6)8-7-9-18(20)27(19,2)3/h7-13,19,21-24,26,29H,14H2,1-6H3/t19-,21+,22-,23-,24-,26-/m1/s1. The molecule has 4 heterocycles. The maximum absolute atomic E-state index is 14.2. The van der Waals surface area contributed by atoms with E-state index in [0.717, 1.165) is 11.1 Å². The van der Waals surface area contributed by atoms with Crippen LogP contribution in [0.25, 0.3) is 0 Å². The van der Waals surface area contributed by atoms with Crippen molar-refractivity contribution >= 4 is 21.7 Å². The smallest absolute Gasteiger partial charge is 0.339 e. The molecule has 3 fully saturated rings. The van der Waals surface area contributed by atoms with E-state index in [2.05, 4.69) is 19.2 Å². The van der Waals surface area contributed by atoms with Crippen LogP contribution in [0.5, 0.6) is 0 Å². The summed E-state index contributed by atoms with van der Waals surface area (Å²) in [6.45, 7) is 9.96. The Kier molecular flexibility index (Phi) is 5.76. The van der Waals surface area contributed by atoms with Gasteiger partial charge in [0.15, 0.2) is 12.1 Å². The van der Waals surface area contributed by atoms with E-state index in [1.54, 1.807) is 48.5 Å². The van der Waals surface area contributed by atoms with Crippen LogP contribution < -0.4 is 5.32 Å². The van der Waals surface area contributed by atoms with E-state index in [0.29, 0.717) is 11.3 Å². The molecule has 9 nitrogen and oxygen atoms in total. The highest BCUT2D eigenvalue weighted by Crippen LogP contribution is 2.53. The Bertz CT molecular complexity index is 1390. The third-order valence-corrected chi connectivity index (χ3v) is 10.5. The van der Waals surface area contributed by atoms with Gasteiger partial charge in [-0.1, -0.05) is 43.7 Å². The average molecular weight is 543 g/mol. The quantitative estimate of drug-likeness (QED) is 0.589. The first-order valence-corrected chi connectivity index (χ1v) is 14.4. The van der Waals surface area contributed by atoms with Gasteiger partial charge in [0, 0.05) is 12.5 Å². The van der Waals surface area contributed by atoms with E-state index in [-0.39, 0.29) is 23.4 Å². The Morgan fingerprint density at radius 2 is 1.76 bits per heavy atom. The molecule has 6 rings (SSSR count). The normalized spacial score (nSPS) is 32.9. The number of aryl methyl sites for hydroxylation is 1. The van der Waals surface area contributed by atoms with Crippen LogP contribution in [-0.4, -0.2) is 68.7 Å². The predicted octanol–water partition coefficient (Wildman–Crippen LogP) is 3.42. The van der Waals surface area contributed by atoms with Crippen molar-refractivity contribution in [2.75, 3.05) is 19.0 Å². The number of benzene rings is 2. The number of hydrogen-bond donors (Lipinski definition) is 1. The van der Waals surface area contributed by atoms with Crippen molar-refractivity contribution in [1.82, 2.24) is 4.31 Å². The number of hydrogen-bond acceptors (Lipinski definition) is 8. The number of esters is 1. The van der Waals surface area contributed by atoms with Crippen molar-refractivity contribution in [2.24, 2.45) is 5.92 Å². The topological polar surface area (TPSA) is 103 Å². The summed E-state index contributed by atoms with van der Waals surface area (Å²) in [6, 6.07) is 11.6. The van der Waals surface area contributed by atoms with E-state index in [4.69, 9.17) is 18.9 Å². The Morgan fingerprint density at radius 1 is 1.05 bits per heavy atom. The summed E-state index contributed by atoms with van der Waals surface area (Å²) in [5, 5.41) is 3.58. The molecule has 0 radical (unpaired) electrons. The zero-order chi connectivity index (χ0) is 27.2. The largest absolute Gasteiger partial charge is 0.465 e. The highest BCUT2D eigenvalue weighted by Gasteiger charge is 2.65. The van der Waals surface area contributed by atoms with Gasteiger partial charge in [-0.2, -0.15) is 4.31 Å². The molecule has 204 valence electrons. The maximum atomic E-state index is 14.2. The van der Waals surface area contributed by atoms with Crippen molar-refractivity contribution in [2.45, 2.75) is 81.3 Å². The molecular weight excluding hydrogens is 508 g/mol. The second-order valence-corrected chi connectivity index (χ2v) is 13.6. The first kappa shape index (κ1) is 25.8. The lowest BCUT2D eigenvalue weighted by atomic mass is 9.63. The molecule has 4 aliphatic heterocycles. The summed E-state index contributed by atoms with van der Waals surface area (Å²) >= 11 is 0. The van der Waals surface area contributed by atoms with Gasteiger partial charge < -0.3 is 24.3 Å². The lowest BCUT2D eigenvalue weighted by Crippen LogP contribution is -2.68. The summed E-state index contributed by atoms with van der Waals surface area (Å²) in [7, 11) is -2.53. The zero-order valence-electron chi connectivity index (χ0n) is 22.4. The predicted molar refractivity (Wildman–Crippen MR) is 139 cm³/mol. The van der Waals surface area contributed by atoms with Crippen LogP contribution in [0.2, 0.25) is 0 Å². The third kappa shape index (κ3) is 3.72. The van der Waals surface area contributed by atoms with Gasteiger partial charge in [0.25, 0.3) is 0 Å². The number of ether oxygens (including phenoxy) is 4. The SMILES string of the molecule is COC(=O)c1cccc2c1N[C@@H]1[C@H]3O[C@@H]4OC(C)(C)O[C@@H]4[C@@H]3N(S(=O)(=O)c3ccc(C)cc3)C[C@H]1C2(C)C. The van der Waals surface area contributed by atoms with Crippen LogP contribution in [0.4, 0.5) is 5.69 Å². The number of methoxy groups -OCH3 is 1. The molecular formula is C28H34N2O7S. The molecule has 0 aliphatic carbocycles. The molecule has 0 unspecified atom stereocenters. The highest BCUT2D eigenvalue weighted by molar-refractivity contribution is 7.89. The number of nitrogens with one attached hydrogen (secondary N) is 1. The molecule has 2 aromatic carbocycles. The molecule has 2 aromatic rings.